The Labute approximate surface area is 129 Å². The van der Waals surface area contributed by atoms with Gasteiger partial charge in [-0.2, -0.15) is 10.2 Å². The van der Waals surface area contributed by atoms with E-state index in [0.29, 0.717) is 19.3 Å². The maximum atomic E-state index is 12.6. The van der Waals surface area contributed by atoms with E-state index in [4.69, 9.17) is 6.42 Å². The minimum atomic E-state index is -0.387. The van der Waals surface area contributed by atoms with Crippen LogP contribution in [0.25, 0.3) is 0 Å². The molecule has 0 aromatic carbocycles. The summed E-state index contributed by atoms with van der Waals surface area (Å²) >= 11 is 0. The van der Waals surface area contributed by atoms with Crippen molar-refractivity contribution in [2.75, 3.05) is 6.54 Å². The van der Waals surface area contributed by atoms with Crippen LogP contribution in [-0.4, -0.2) is 37.8 Å². The smallest absolute Gasteiger partial charge is 0.223 e. The number of nitrogens with zero attached hydrogens (tertiary/aromatic N) is 6. The molecule has 1 fully saturated rings. The Hall–Kier alpha value is -2.23. The van der Waals surface area contributed by atoms with Gasteiger partial charge < -0.3 is 9.47 Å². The quantitative estimate of drug-likeness (QED) is 0.752. The highest BCUT2D eigenvalue weighted by atomic mass is 16.2. The van der Waals surface area contributed by atoms with Gasteiger partial charge in [0.25, 0.3) is 0 Å². The molecule has 3 heterocycles. The lowest BCUT2D eigenvalue weighted by molar-refractivity contribution is -0.132. The van der Waals surface area contributed by atoms with Crippen LogP contribution in [-0.2, 0) is 11.8 Å². The number of aromatic nitrogens is 3. The Balaban J connectivity index is 1.58. The van der Waals surface area contributed by atoms with E-state index in [2.05, 4.69) is 26.3 Å². The third-order valence-electron chi connectivity index (χ3n) is 4.41. The number of hydrogen-bond donors (Lipinski definition) is 0. The molecule has 1 atom stereocenters. The molecule has 0 unspecified atom stereocenters. The zero-order valence-corrected chi connectivity index (χ0v) is 12.8. The number of rotatable bonds is 6. The molecular formula is C15H20N6O. The fourth-order valence-corrected chi connectivity index (χ4v) is 3.05. The van der Waals surface area contributed by atoms with Gasteiger partial charge in [0.05, 0.1) is 6.04 Å². The van der Waals surface area contributed by atoms with Gasteiger partial charge in [0.1, 0.15) is 6.33 Å². The van der Waals surface area contributed by atoms with E-state index in [-0.39, 0.29) is 17.6 Å². The highest BCUT2D eigenvalue weighted by Gasteiger charge is 2.41. The van der Waals surface area contributed by atoms with Crippen LogP contribution >= 0.6 is 0 Å². The second kappa shape index (κ2) is 5.87. The molecule has 1 saturated heterocycles. The number of carbonyl (C=O) groups excluding carboxylic acids is 1. The van der Waals surface area contributed by atoms with Crippen molar-refractivity contribution in [1.29, 1.82) is 0 Å². The summed E-state index contributed by atoms with van der Waals surface area (Å²) in [5.74, 6) is 3.60. The number of hydrogen-bond acceptors (Lipinski definition) is 5. The van der Waals surface area contributed by atoms with Crippen LogP contribution in [0.4, 0.5) is 0 Å². The zero-order chi connectivity index (χ0) is 15.6. The van der Waals surface area contributed by atoms with Crippen molar-refractivity contribution in [3.8, 4) is 12.3 Å². The zero-order valence-electron chi connectivity index (χ0n) is 12.8. The lowest BCUT2D eigenvalue weighted by atomic mass is 10.0. The summed E-state index contributed by atoms with van der Waals surface area (Å²) < 4.78 is 1.89. The van der Waals surface area contributed by atoms with Gasteiger partial charge in [-0.15, -0.1) is 22.5 Å². The first-order chi connectivity index (χ1) is 10.7. The fraction of sp³-hybridized carbons (Fsp3) is 0.667. The molecular weight excluding hydrogens is 280 g/mol. The molecule has 7 heteroatoms. The maximum absolute atomic E-state index is 12.6. The first-order valence-corrected chi connectivity index (χ1v) is 7.66. The number of carbonyl (C=O) groups is 1. The molecule has 0 bridgehead atoms. The molecule has 1 aromatic heterocycles. The number of aryl methyl sites for hydroxylation is 1. The van der Waals surface area contributed by atoms with Gasteiger partial charge >= 0.3 is 0 Å². The molecule has 1 amide bonds. The van der Waals surface area contributed by atoms with Crippen LogP contribution in [0.2, 0.25) is 0 Å². The summed E-state index contributed by atoms with van der Waals surface area (Å²) in [5.41, 5.74) is -0.387. The normalized spacial score (nSPS) is 21.8. The minimum Gasteiger partial charge on any atom is -0.332 e. The average Bonchev–Trinajstić information content (AvgIpc) is 2.91. The third-order valence-corrected chi connectivity index (χ3v) is 4.41. The van der Waals surface area contributed by atoms with Crippen molar-refractivity contribution in [2.45, 2.75) is 50.2 Å². The lowest BCUT2D eigenvalue weighted by Gasteiger charge is -2.24. The predicted octanol–water partition coefficient (Wildman–Crippen LogP) is 1.83. The first kappa shape index (κ1) is 14.7. The van der Waals surface area contributed by atoms with Crippen LogP contribution in [0.1, 0.15) is 50.4 Å². The van der Waals surface area contributed by atoms with Gasteiger partial charge in [-0.3, -0.25) is 4.79 Å². The van der Waals surface area contributed by atoms with Crippen LogP contribution in [0.5, 0.6) is 0 Å². The van der Waals surface area contributed by atoms with Crippen molar-refractivity contribution in [3.05, 3.63) is 12.2 Å². The van der Waals surface area contributed by atoms with Crippen LogP contribution in [0.3, 0.4) is 0 Å². The van der Waals surface area contributed by atoms with Gasteiger partial charge in [0.15, 0.2) is 11.5 Å². The lowest BCUT2D eigenvalue weighted by Crippen LogP contribution is -2.32. The monoisotopic (exact) mass is 300 g/mol. The summed E-state index contributed by atoms with van der Waals surface area (Å²) in [6.07, 6.45) is 11.4. The third kappa shape index (κ3) is 2.86. The van der Waals surface area contributed by atoms with Gasteiger partial charge in [-0.1, -0.05) is 0 Å². The molecule has 0 saturated carbocycles. The molecule has 22 heavy (non-hydrogen) atoms. The molecule has 0 radical (unpaired) electrons. The van der Waals surface area contributed by atoms with E-state index in [1.165, 1.54) is 0 Å². The summed E-state index contributed by atoms with van der Waals surface area (Å²) in [7, 11) is 1.91. The summed E-state index contributed by atoms with van der Waals surface area (Å²) in [6.45, 7) is 0.780. The molecule has 0 aliphatic carbocycles. The molecule has 2 aliphatic heterocycles. The SMILES string of the molecule is C#CCCC1(CCC(=O)N2CCC[C@H]2c2nncn2C)N=N1. The van der Waals surface area contributed by atoms with Gasteiger partial charge in [-0.25, -0.2) is 0 Å². The number of terminal acetylenes is 1. The Morgan fingerprint density at radius 3 is 2.95 bits per heavy atom. The largest absolute Gasteiger partial charge is 0.332 e. The average molecular weight is 300 g/mol. The van der Waals surface area contributed by atoms with Crippen molar-refractivity contribution in [1.82, 2.24) is 19.7 Å². The van der Waals surface area contributed by atoms with E-state index in [1.807, 2.05) is 16.5 Å². The summed E-state index contributed by atoms with van der Waals surface area (Å²) in [4.78, 5) is 14.5. The molecule has 116 valence electrons. The van der Waals surface area contributed by atoms with Crippen LogP contribution < -0.4 is 0 Å². The molecule has 1 aromatic rings. The summed E-state index contributed by atoms with van der Waals surface area (Å²) in [5, 5.41) is 16.2. The maximum Gasteiger partial charge on any atom is 0.223 e. The van der Waals surface area contributed by atoms with E-state index in [1.54, 1.807) is 6.33 Å². The topological polar surface area (TPSA) is 75.7 Å². The van der Waals surface area contributed by atoms with Crippen LogP contribution in [0.15, 0.2) is 16.6 Å². The van der Waals surface area contributed by atoms with Crippen molar-refractivity contribution >= 4 is 5.91 Å². The second-order valence-corrected chi connectivity index (χ2v) is 5.93. The van der Waals surface area contributed by atoms with Crippen molar-refractivity contribution < 1.29 is 4.79 Å². The predicted molar refractivity (Wildman–Crippen MR) is 79.6 cm³/mol. The molecule has 2 aliphatic rings. The van der Waals surface area contributed by atoms with Gasteiger partial charge in [0.2, 0.25) is 5.91 Å². The number of amides is 1. The minimum absolute atomic E-state index is 0.0368. The standard InChI is InChI=1S/C15H20N6O/c1-3-4-8-15(18-19-15)9-7-13(22)21-10-5-6-12(21)14-17-16-11-20(14)2/h1,11-12H,4-10H2,2H3/t12-/m0/s1. The molecule has 3 rings (SSSR count). The van der Waals surface area contributed by atoms with E-state index in [0.717, 1.165) is 31.6 Å². The fourth-order valence-electron chi connectivity index (χ4n) is 3.05. The highest BCUT2D eigenvalue weighted by Crippen LogP contribution is 2.38. The van der Waals surface area contributed by atoms with E-state index >= 15 is 0 Å². The molecule has 0 N–H and O–H groups in total. The second-order valence-electron chi connectivity index (χ2n) is 5.93. The van der Waals surface area contributed by atoms with E-state index in [9.17, 15) is 4.79 Å². The Kier molecular flexibility index (Phi) is 3.92. The summed E-state index contributed by atoms with van der Waals surface area (Å²) in [6, 6.07) is 0.0368. The van der Waals surface area contributed by atoms with Crippen molar-refractivity contribution in [3.63, 3.8) is 0 Å². The van der Waals surface area contributed by atoms with Gasteiger partial charge in [-0.05, 0) is 12.8 Å². The van der Waals surface area contributed by atoms with Crippen molar-refractivity contribution in [2.24, 2.45) is 17.3 Å². The van der Waals surface area contributed by atoms with E-state index < -0.39 is 0 Å². The molecule has 0 spiro atoms. The molecule has 7 nitrogen and oxygen atoms in total. The Bertz CT molecular complexity index is 622. The first-order valence-electron chi connectivity index (χ1n) is 7.66. The van der Waals surface area contributed by atoms with Crippen LogP contribution in [0, 0.1) is 12.3 Å². The van der Waals surface area contributed by atoms with Gasteiger partial charge in [0, 0.05) is 39.3 Å². The Morgan fingerprint density at radius 1 is 1.50 bits per heavy atom. The number of likely N-dealkylation sites (tertiary alicyclic amines) is 1. The highest BCUT2D eigenvalue weighted by molar-refractivity contribution is 5.77. The Morgan fingerprint density at radius 2 is 2.32 bits per heavy atom.